The molecular weight excluding hydrogens is 451 g/mol. The molecule has 0 saturated heterocycles. The Morgan fingerprint density at radius 3 is 1.63 bits per heavy atom. The van der Waals surface area contributed by atoms with Crippen molar-refractivity contribution in [2.24, 2.45) is 0 Å². The molecule has 3 nitrogen and oxygen atoms in total. The Hall–Kier alpha value is -3.42. The van der Waals surface area contributed by atoms with Crippen molar-refractivity contribution in [2.75, 3.05) is 6.61 Å². The molecule has 0 fully saturated rings. The summed E-state index contributed by atoms with van der Waals surface area (Å²) in [4.78, 5) is 13.4. The van der Waals surface area contributed by atoms with Crippen molar-refractivity contribution >= 4 is 29.4 Å². The number of ether oxygens (including phenoxy) is 1. The van der Waals surface area contributed by atoms with Crippen molar-refractivity contribution in [1.29, 1.82) is 0 Å². The molecule has 35 heavy (non-hydrogen) atoms. The molecule has 0 unspecified atom stereocenters. The summed E-state index contributed by atoms with van der Waals surface area (Å²) in [5, 5.41) is 3.16. The minimum atomic E-state index is -3.02. The normalized spacial score (nSPS) is 11.6. The van der Waals surface area contributed by atoms with Crippen molar-refractivity contribution in [3.05, 3.63) is 121 Å². The summed E-state index contributed by atoms with van der Waals surface area (Å²) in [6, 6.07) is 38.6. The van der Waals surface area contributed by atoms with E-state index < -0.39 is 7.49 Å². The molecule has 0 saturated carbocycles. The van der Waals surface area contributed by atoms with Crippen molar-refractivity contribution in [2.45, 2.75) is 32.6 Å². The van der Waals surface area contributed by atoms with Gasteiger partial charge in [0, 0.05) is 0 Å². The number of rotatable bonds is 11. The molecule has 0 atom stereocenters. The quantitative estimate of drug-likeness (QED) is 0.194. The summed E-state index contributed by atoms with van der Waals surface area (Å²) in [7, 11) is -3.02. The first-order valence-corrected chi connectivity index (χ1v) is 14.2. The molecule has 0 N–H and O–H groups in total. The number of aryl methyl sites for hydroxylation is 1. The summed E-state index contributed by atoms with van der Waals surface area (Å²) in [5.74, 6) is 0.685. The van der Waals surface area contributed by atoms with Gasteiger partial charge < -0.3 is 0 Å². The van der Waals surface area contributed by atoms with Gasteiger partial charge in [0.05, 0.1) is 0 Å². The van der Waals surface area contributed by atoms with Crippen molar-refractivity contribution in [3.63, 3.8) is 0 Å². The topological polar surface area (TPSA) is 35.5 Å². The first-order chi connectivity index (χ1) is 17.2. The predicted molar refractivity (Wildman–Crippen MR) is 148 cm³/mol. The number of unbranched alkanes of at least 4 members (excludes halogenated alkanes) is 1. The van der Waals surface area contributed by atoms with Crippen LogP contribution in [-0.4, -0.2) is 12.6 Å². The Bertz CT molecular complexity index is 1080. The van der Waals surface area contributed by atoms with E-state index >= 15 is 0 Å². The van der Waals surface area contributed by atoms with E-state index in [0.29, 0.717) is 12.8 Å². The van der Waals surface area contributed by atoms with E-state index in [0.717, 1.165) is 46.7 Å². The molecule has 0 radical (unpaired) electrons. The van der Waals surface area contributed by atoms with Crippen LogP contribution in [0.1, 0.15) is 31.7 Å². The van der Waals surface area contributed by atoms with Gasteiger partial charge in [0.2, 0.25) is 0 Å². The molecule has 0 aliphatic rings. The maximum atomic E-state index is 13.4. The van der Waals surface area contributed by atoms with Crippen LogP contribution < -0.4 is 20.7 Å². The SMILES string of the molecule is CCCCOc1ccc(CCC(=O)O[PH](c2ccccc2)(c2ccccc2)c2ccccc2)cc1. The molecule has 0 spiro atoms. The first-order valence-electron chi connectivity index (χ1n) is 12.3. The Kier molecular flexibility index (Phi) is 8.70. The fourth-order valence-electron chi connectivity index (χ4n) is 4.25. The van der Waals surface area contributed by atoms with E-state index in [2.05, 4.69) is 43.3 Å². The molecule has 4 heteroatoms. The number of hydrogen-bond donors (Lipinski definition) is 0. The first kappa shape index (κ1) is 24.7. The standard InChI is InChI=1S/C31H33O3P/c1-2-3-25-33-27-22-19-26(20-23-27)21-24-31(32)34-35(28-13-7-4-8-14-28,29-15-9-5-10-16-29)30-17-11-6-12-18-30/h4-20,22-23,35H,2-3,21,24-25H2,1H3. The van der Waals surface area contributed by atoms with E-state index in [-0.39, 0.29) is 5.97 Å². The summed E-state index contributed by atoms with van der Waals surface area (Å²) in [6.45, 7) is 2.88. The van der Waals surface area contributed by atoms with Crippen molar-refractivity contribution in [3.8, 4) is 5.75 Å². The van der Waals surface area contributed by atoms with Gasteiger partial charge in [0.1, 0.15) is 0 Å². The van der Waals surface area contributed by atoms with Crippen LogP contribution in [0.4, 0.5) is 0 Å². The molecule has 4 rings (SSSR count). The summed E-state index contributed by atoms with van der Waals surface area (Å²) in [5.41, 5.74) is 1.09. The Balaban J connectivity index is 1.58. The van der Waals surface area contributed by atoms with Gasteiger partial charge in [-0.15, -0.1) is 0 Å². The maximum absolute atomic E-state index is 13.4. The Morgan fingerprint density at radius 1 is 0.686 bits per heavy atom. The molecule has 4 aromatic rings. The van der Waals surface area contributed by atoms with Crippen LogP contribution >= 0.6 is 7.49 Å². The van der Waals surface area contributed by atoms with Crippen LogP contribution in [0.15, 0.2) is 115 Å². The van der Waals surface area contributed by atoms with Crippen LogP contribution in [0.5, 0.6) is 5.75 Å². The van der Waals surface area contributed by atoms with E-state index in [1.807, 2.05) is 78.9 Å². The minimum absolute atomic E-state index is 0.184. The zero-order valence-electron chi connectivity index (χ0n) is 20.2. The third-order valence-electron chi connectivity index (χ3n) is 6.12. The molecule has 0 aliphatic heterocycles. The van der Waals surface area contributed by atoms with E-state index in [4.69, 9.17) is 9.26 Å². The fourth-order valence-corrected chi connectivity index (χ4v) is 8.03. The van der Waals surface area contributed by atoms with Gasteiger partial charge in [-0.1, -0.05) is 6.92 Å². The molecule has 0 aliphatic carbocycles. The molecule has 0 aromatic heterocycles. The van der Waals surface area contributed by atoms with Gasteiger partial charge in [-0.25, -0.2) is 0 Å². The van der Waals surface area contributed by atoms with E-state index in [1.54, 1.807) is 0 Å². The molecule has 0 bridgehead atoms. The second kappa shape index (κ2) is 12.3. The number of benzene rings is 4. The Morgan fingerprint density at radius 2 is 1.17 bits per heavy atom. The molecule has 0 heterocycles. The van der Waals surface area contributed by atoms with Gasteiger partial charge in [-0.2, -0.15) is 0 Å². The van der Waals surface area contributed by atoms with Gasteiger partial charge in [-0.3, -0.25) is 0 Å². The zero-order chi connectivity index (χ0) is 24.3. The van der Waals surface area contributed by atoms with Crippen molar-refractivity contribution < 1.29 is 14.1 Å². The van der Waals surface area contributed by atoms with Crippen LogP contribution in [0.3, 0.4) is 0 Å². The van der Waals surface area contributed by atoms with Gasteiger partial charge >= 0.3 is 202 Å². The monoisotopic (exact) mass is 484 g/mol. The van der Waals surface area contributed by atoms with E-state index in [1.165, 1.54) is 0 Å². The van der Waals surface area contributed by atoms with Gasteiger partial charge in [0.15, 0.2) is 0 Å². The number of hydrogen-bond acceptors (Lipinski definition) is 3. The van der Waals surface area contributed by atoms with Crippen LogP contribution in [-0.2, 0) is 15.7 Å². The van der Waals surface area contributed by atoms with Gasteiger partial charge in [0.25, 0.3) is 0 Å². The summed E-state index contributed by atoms with van der Waals surface area (Å²) >= 11 is 0. The molecule has 180 valence electrons. The predicted octanol–water partition coefficient (Wildman–Crippen LogP) is 5.98. The van der Waals surface area contributed by atoms with Crippen LogP contribution in [0, 0.1) is 0 Å². The average Bonchev–Trinajstić information content (AvgIpc) is 2.93. The van der Waals surface area contributed by atoms with Crippen molar-refractivity contribution in [1.82, 2.24) is 0 Å². The summed E-state index contributed by atoms with van der Waals surface area (Å²) < 4.78 is 12.3. The second-order valence-electron chi connectivity index (χ2n) is 8.60. The molecule has 0 amide bonds. The zero-order valence-corrected chi connectivity index (χ0v) is 21.2. The van der Waals surface area contributed by atoms with Gasteiger partial charge in [-0.05, 0) is 0 Å². The summed E-state index contributed by atoms with van der Waals surface area (Å²) in [6.07, 6.45) is 3.09. The second-order valence-corrected chi connectivity index (χ2v) is 11.9. The number of carbonyl (C=O) groups excluding carboxylic acids is 1. The number of carbonyl (C=O) groups is 1. The van der Waals surface area contributed by atoms with Crippen LogP contribution in [0.2, 0.25) is 0 Å². The fraction of sp³-hybridized carbons (Fsp3) is 0.194. The molecular formula is C31H33O3P. The third kappa shape index (κ3) is 6.18. The molecule has 4 aromatic carbocycles. The third-order valence-corrected chi connectivity index (χ3v) is 10.1. The Labute approximate surface area is 209 Å². The average molecular weight is 485 g/mol. The van der Waals surface area contributed by atoms with E-state index in [9.17, 15) is 4.79 Å². The van der Waals surface area contributed by atoms with Crippen LogP contribution in [0.25, 0.3) is 0 Å².